The first-order valence-electron chi connectivity index (χ1n) is 11.5. The number of hydrogen-bond acceptors (Lipinski definition) is 4. The fourth-order valence-corrected chi connectivity index (χ4v) is 4.86. The molecule has 2 heterocycles. The third-order valence-corrected chi connectivity index (χ3v) is 6.73. The van der Waals surface area contributed by atoms with Gasteiger partial charge in [-0.05, 0) is 61.1 Å². The molecule has 0 unspecified atom stereocenters. The summed E-state index contributed by atoms with van der Waals surface area (Å²) in [6.45, 7) is 3.65. The van der Waals surface area contributed by atoms with Gasteiger partial charge in [0.25, 0.3) is 0 Å². The molecule has 3 aromatic rings. The monoisotopic (exact) mass is 455 g/mol. The lowest BCUT2D eigenvalue weighted by Crippen LogP contribution is -2.45. The molecule has 6 heteroatoms. The van der Waals surface area contributed by atoms with Crippen molar-refractivity contribution in [3.63, 3.8) is 0 Å². The highest BCUT2D eigenvalue weighted by molar-refractivity contribution is 6.30. The molecular formula is C27H26ClN5. The van der Waals surface area contributed by atoms with Gasteiger partial charge in [0, 0.05) is 48.1 Å². The summed E-state index contributed by atoms with van der Waals surface area (Å²) in [6, 6.07) is 20.6. The Morgan fingerprint density at radius 3 is 2.39 bits per heavy atom. The Kier molecular flexibility index (Phi) is 6.28. The van der Waals surface area contributed by atoms with E-state index in [1.54, 1.807) is 0 Å². The van der Waals surface area contributed by atoms with E-state index in [1.165, 1.54) is 11.3 Å². The molecule has 5 nitrogen and oxygen atoms in total. The SMILES string of the molecule is N#Cc1c(N=CN2CCN(c3ccccc3)CC2)nc2c(c1-c1ccc(Cl)cc1)CCCC2. The summed E-state index contributed by atoms with van der Waals surface area (Å²) in [5.74, 6) is 0.522. The number of aliphatic imine (C=N–C) groups is 1. The van der Waals surface area contributed by atoms with E-state index in [0.717, 1.165) is 68.7 Å². The summed E-state index contributed by atoms with van der Waals surface area (Å²) in [6.07, 6.45) is 5.98. The maximum atomic E-state index is 10.1. The maximum absolute atomic E-state index is 10.1. The average molecular weight is 456 g/mol. The molecule has 1 fully saturated rings. The zero-order valence-corrected chi connectivity index (χ0v) is 19.3. The lowest BCUT2D eigenvalue weighted by Gasteiger charge is -2.35. The van der Waals surface area contributed by atoms with Gasteiger partial charge >= 0.3 is 0 Å². The summed E-state index contributed by atoms with van der Waals surface area (Å²) < 4.78 is 0. The van der Waals surface area contributed by atoms with Gasteiger partial charge in [0.05, 0.1) is 6.34 Å². The van der Waals surface area contributed by atoms with E-state index in [9.17, 15) is 5.26 Å². The average Bonchev–Trinajstić information content (AvgIpc) is 2.88. The number of fused-ring (bicyclic) bond motifs is 1. The molecule has 0 spiro atoms. The van der Waals surface area contributed by atoms with Crippen molar-refractivity contribution < 1.29 is 0 Å². The van der Waals surface area contributed by atoms with Crippen molar-refractivity contribution in [1.29, 1.82) is 5.26 Å². The summed E-state index contributed by atoms with van der Waals surface area (Å²) in [4.78, 5) is 14.2. The minimum absolute atomic E-state index is 0.522. The van der Waals surface area contributed by atoms with E-state index in [0.29, 0.717) is 16.4 Å². The second-order valence-electron chi connectivity index (χ2n) is 8.54. The van der Waals surface area contributed by atoms with Crippen LogP contribution in [0.2, 0.25) is 5.02 Å². The highest BCUT2D eigenvalue weighted by Crippen LogP contribution is 2.38. The molecule has 0 amide bonds. The molecule has 2 aromatic carbocycles. The van der Waals surface area contributed by atoms with Crippen molar-refractivity contribution in [3.8, 4) is 17.2 Å². The van der Waals surface area contributed by atoms with Crippen molar-refractivity contribution in [2.24, 2.45) is 4.99 Å². The van der Waals surface area contributed by atoms with Gasteiger partial charge in [-0.3, -0.25) is 0 Å². The predicted octanol–water partition coefficient (Wildman–Crippen LogP) is 5.63. The second kappa shape index (κ2) is 9.64. The quantitative estimate of drug-likeness (QED) is 0.377. The van der Waals surface area contributed by atoms with Crippen LogP contribution in [0.1, 0.15) is 29.7 Å². The molecule has 33 heavy (non-hydrogen) atoms. The number of para-hydroxylation sites is 1. The zero-order chi connectivity index (χ0) is 22.6. The third kappa shape index (κ3) is 4.58. The van der Waals surface area contributed by atoms with Crippen molar-refractivity contribution in [2.45, 2.75) is 25.7 Å². The van der Waals surface area contributed by atoms with Gasteiger partial charge in [-0.25, -0.2) is 9.98 Å². The molecule has 0 atom stereocenters. The second-order valence-corrected chi connectivity index (χ2v) is 8.98. The summed E-state index contributed by atoms with van der Waals surface area (Å²) >= 11 is 6.12. The van der Waals surface area contributed by atoms with Gasteiger partial charge in [0.1, 0.15) is 11.6 Å². The van der Waals surface area contributed by atoms with Crippen LogP contribution in [0.15, 0.2) is 59.6 Å². The Morgan fingerprint density at radius 2 is 1.67 bits per heavy atom. The molecular weight excluding hydrogens is 430 g/mol. The fourth-order valence-electron chi connectivity index (χ4n) is 4.73. The van der Waals surface area contributed by atoms with Crippen LogP contribution in [0.3, 0.4) is 0 Å². The van der Waals surface area contributed by atoms with E-state index in [1.807, 2.05) is 36.7 Å². The molecule has 0 saturated carbocycles. The number of anilines is 1. The Bertz CT molecular complexity index is 1190. The first-order valence-corrected chi connectivity index (χ1v) is 11.9. The Balaban J connectivity index is 1.43. The summed E-state index contributed by atoms with van der Waals surface area (Å²) in [5, 5.41) is 10.8. The predicted molar refractivity (Wildman–Crippen MR) is 134 cm³/mol. The van der Waals surface area contributed by atoms with Crippen LogP contribution in [0.5, 0.6) is 0 Å². The van der Waals surface area contributed by atoms with E-state index in [-0.39, 0.29) is 0 Å². The number of halogens is 1. The lowest BCUT2D eigenvalue weighted by molar-refractivity contribution is 0.396. The first kappa shape index (κ1) is 21.5. The van der Waals surface area contributed by atoms with Gasteiger partial charge < -0.3 is 9.80 Å². The van der Waals surface area contributed by atoms with E-state index in [4.69, 9.17) is 21.6 Å². The number of benzene rings is 2. The smallest absolute Gasteiger partial charge is 0.172 e. The van der Waals surface area contributed by atoms with Crippen LogP contribution in [0, 0.1) is 11.3 Å². The minimum Gasteiger partial charge on any atom is -0.368 e. The lowest BCUT2D eigenvalue weighted by atomic mass is 9.86. The molecule has 5 rings (SSSR count). The summed E-state index contributed by atoms with van der Waals surface area (Å²) in [5.41, 5.74) is 6.05. The van der Waals surface area contributed by atoms with E-state index >= 15 is 0 Å². The van der Waals surface area contributed by atoms with Gasteiger partial charge in [0.2, 0.25) is 0 Å². The standard InChI is InChI=1S/C27H26ClN5/c28-21-12-10-20(11-13-21)26-23-8-4-5-9-25(23)31-27(24(26)18-29)30-19-32-14-16-33(17-15-32)22-6-2-1-3-7-22/h1-3,6-7,10-13,19H,4-5,8-9,14-17H2. The number of aromatic nitrogens is 1. The molecule has 0 radical (unpaired) electrons. The van der Waals surface area contributed by atoms with Gasteiger partial charge in [-0.2, -0.15) is 5.26 Å². The van der Waals surface area contributed by atoms with Crippen LogP contribution in [-0.2, 0) is 12.8 Å². The van der Waals surface area contributed by atoms with Crippen molar-refractivity contribution in [2.75, 3.05) is 31.1 Å². The number of piperazine rings is 1. The molecule has 2 aliphatic rings. The highest BCUT2D eigenvalue weighted by atomic mass is 35.5. The number of nitriles is 1. The van der Waals surface area contributed by atoms with Crippen LogP contribution >= 0.6 is 11.6 Å². The maximum Gasteiger partial charge on any atom is 0.172 e. The molecule has 0 bridgehead atoms. The van der Waals surface area contributed by atoms with Crippen molar-refractivity contribution in [1.82, 2.24) is 9.88 Å². The zero-order valence-electron chi connectivity index (χ0n) is 18.5. The Morgan fingerprint density at radius 1 is 0.939 bits per heavy atom. The molecule has 166 valence electrons. The van der Waals surface area contributed by atoms with Crippen molar-refractivity contribution >= 4 is 29.4 Å². The van der Waals surface area contributed by atoms with Gasteiger partial charge in [-0.15, -0.1) is 0 Å². The third-order valence-electron chi connectivity index (χ3n) is 6.48. The van der Waals surface area contributed by atoms with Gasteiger partial charge in [0.15, 0.2) is 5.82 Å². The minimum atomic E-state index is 0.522. The van der Waals surface area contributed by atoms with Crippen LogP contribution in [-0.4, -0.2) is 42.4 Å². The molecule has 0 N–H and O–H groups in total. The van der Waals surface area contributed by atoms with Crippen molar-refractivity contribution in [3.05, 3.63) is 76.4 Å². The number of rotatable bonds is 4. The molecule has 1 aliphatic carbocycles. The number of pyridine rings is 1. The van der Waals surface area contributed by atoms with E-state index < -0.39 is 0 Å². The largest absolute Gasteiger partial charge is 0.368 e. The molecule has 1 saturated heterocycles. The molecule has 1 aliphatic heterocycles. The van der Waals surface area contributed by atoms with Gasteiger partial charge in [-0.1, -0.05) is 41.9 Å². The summed E-state index contributed by atoms with van der Waals surface area (Å²) in [7, 11) is 0. The number of nitrogens with zero attached hydrogens (tertiary/aromatic N) is 5. The van der Waals surface area contributed by atoms with Crippen LogP contribution < -0.4 is 4.90 Å². The normalized spacial score (nSPS) is 16.0. The topological polar surface area (TPSA) is 55.5 Å². The van der Waals surface area contributed by atoms with Crippen LogP contribution in [0.25, 0.3) is 11.1 Å². The van der Waals surface area contributed by atoms with Crippen LogP contribution in [0.4, 0.5) is 11.5 Å². The first-order chi connectivity index (χ1) is 16.2. The highest BCUT2D eigenvalue weighted by Gasteiger charge is 2.23. The Hall–Kier alpha value is -3.36. The Labute approximate surface area is 200 Å². The fraction of sp³-hybridized carbons (Fsp3) is 0.296. The number of hydrogen-bond donors (Lipinski definition) is 0. The molecule has 1 aromatic heterocycles. The van der Waals surface area contributed by atoms with E-state index in [2.05, 4.69) is 40.1 Å². The number of aryl methyl sites for hydroxylation is 1.